The Morgan fingerprint density at radius 2 is 0.283 bits per heavy atom. The Hall–Kier alpha value is -7.92. The Balaban J connectivity index is 0.000000293. The first-order valence-electron chi connectivity index (χ1n) is 33.1. The van der Waals surface area contributed by atoms with Crippen molar-refractivity contribution in [1.29, 1.82) is 0 Å². The molecule has 12 nitrogen and oxygen atoms in total. The molecule has 106 heavy (non-hydrogen) atoms. The van der Waals surface area contributed by atoms with Gasteiger partial charge in [-0.1, -0.05) is 48.5 Å². The van der Waals surface area contributed by atoms with Crippen LogP contribution in [0.2, 0.25) is 0 Å². The summed E-state index contributed by atoms with van der Waals surface area (Å²) in [6.45, 7) is 5.25. The molecule has 4 N–H and O–H groups in total. The number of rotatable bonds is 24. The van der Waals surface area contributed by atoms with Crippen molar-refractivity contribution >= 4 is 95.3 Å². The Bertz CT molecular complexity index is 3320. The van der Waals surface area contributed by atoms with E-state index < -0.39 is 31.7 Å². The monoisotopic (exact) mass is 1690 g/mol. The van der Waals surface area contributed by atoms with E-state index in [0.717, 1.165) is 68.2 Å². The minimum Gasteiger partial charge on any atom is -0.497 e. The number of ether oxygens (including phenoxy) is 8. The predicted octanol–water partition coefficient (Wildman–Crippen LogP) is 12.5. The summed E-state index contributed by atoms with van der Waals surface area (Å²) in [6, 6.07) is 99.2. The van der Waals surface area contributed by atoms with Crippen molar-refractivity contribution in [2.45, 2.75) is 33.4 Å². The third-order valence-corrected chi connectivity index (χ3v) is 27.7. The van der Waals surface area contributed by atoms with Gasteiger partial charge in [0.25, 0.3) is 0 Å². The molecule has 12 aromatic carbocycles. The number of hydrogen-bond acceptors (Lipinski definition) is 12. The first-order chi connectivity index (χ1) is 50.0. The molecule has 0 unspecified atom stereocenters. The fraction of sp³-hybridized carbons (Fsp3) is 0.148. The smallest absolute Gasteiger partial charge is 0.497 e. The summed E-state index contributed by atoms with van der Waals surface area (Å²) in [6.07, 6.45) is 0. The Morgan fingerprint density at radius 1 is 0.198 bits per heavy atom. The third kappa shape index (κ3) is 25.6. The van der Waals surface area contributed by atoms with E-state index >= 15 is 0 Å². The average Bonchev–Trinajstić information content (AvgIpc) is 0.827. The van der Waals surface area contributed by atoms with Gasteiger partial charge >= 0.3 is 22.4 Å². The van der Waals surface area contributed by atoms with Crippen LogP contribution < -0.4 is 102 Å². The zero-order valence-electron chi connectivity index (χ0n) is 61.9. The van der Waals surface area contributed by atoms with E-state index in [1.54, 1.807) is 63.8 Å². The van der Waals surface area contributed by atoms with Gasteiger partial charge in [0.15, 0.2) is 0 Å². The molecule has 0 heterocycles. The molecule has 0 amide bonds. The minimum atomic E-state index is -1.14. The second-order valence-corrected chi connectivity index (χ2v) is 32.7. The largest absolute Gasteiger partial charge is 1.00 e. The number of aliphatic hydroxyl groups excluding tert-OH is 4. The quantitative estimate of drug-likeness (QED) is 0.0259. The number of hydrogen-bond donors (Lipinski definition) is 4. The number of benzene rings is 12. The molecule has 0 aliphatic rings. The Morgan fingerprint density at radius 3 is 0.358 bits per heavy atom. The molecule has 563 valence electrons. The molecule has 1 radical (unpaired) electrons. The molecular formula is C88H99Ag2O12P4+2. The maximum absolute atomic E-state index is 9.30. The van der Waals surface area contributed by atoms with Crippen molar-refractivity contribution in [2.24, 2.45) is 0 Å². The molecule has 0 fully saturated rings. The normalized spacial score (nSPS) is 10.2. The molecule has 0 saturated carbocycles. The SMILES string of the molecule is COc1ccc([PH+](c2ccc(CO)cc2)c2ccc(OC)cc2)cc1.COc1ccc([PH+](c2ccc(CO)cc2)c2ccc(OC)cc2)cc1.COc1ccc([PH+](c2ccc(CO)cc2)c2ccc(OC)cc2)cc1.COc1ccc([PH+](c2ccc(CO)cc2)c2ccc(OC)cc2)cc1.[Ag+].[Ag].[CH2-]C.[CH3-].[CH3-]. The van der Waals surface area contributed by atoms with Gasteiger partial charge < -0.3 is 80.1 Å². The molecule has 0 saturated heterocycles. The van der Waals surface area contributed by atoms with Crippen LogP contribution >= 0.6 is 31.7 Å². The van der Waals surface area contributed by atoms with Crippen LogP contribution in [0.5, 0.6) is 46.0 Å². The summed E-state index contributed by atoms with van der Waals surface area (Å²) in [5.74, 6) is 6.86. The average molecular weight is 1690 g/mol. The standard InChI is InChI=1S/4C21H21O3P.C2H5.2CH3.2Ag/c4*1-23-17-5-11-20(12-6-17)25(19-9-3-16(15-22)4-10-19)21-13-7-18(24-2)8-14-21;1-2;;;;/h4*3-14,22H,15H2,1-2H3;1H2,2H3;2*1H3;;/q;;;;3*-1;;+1/p+4. The van der Waals surface area contributed by atoms with Crippen LogP contribution in [0.3, 0.4) is 0 Å². The summed E-state index contributed by atoms with van der Waals surface area (Å²) in [7, 11) is 8.85. The van der Waals surface area contributed by atoms with Crippen molar-refractivity contribution in [3.05, 3.63) is 335 Å². The first kappa shape index (κ1) is 90.5. The van der Waals surface area contributed by atoms with E-state index in [-0.39, 0.29) is 86.0 Å². The molecule has 12 rings (SSSR count). The van der Waals surface area contributed by atoms with Gasteiger partial charge in [-0.2, -0.15) is 6.92 Å². The second-order valence-electron chi connectivity index (χ2n) is 22.7. The predicted molar refractivity (Wildman–Crippen MR) is 446 cm³/mol. The van der Waals surface area contributed by atoms with Gasteiger partial charge in [-0.15, -0.1) is 0 Å². The second kappa shape index (κ2) is 48.4. The maximum Gasteiger partial charge on any atom is 1.00 e. The molecular weight excluding hydrogens is 1590 g/mol. The molecule has 12 aromatic rings. The van der Waals surface area contributed by atoms with E-state index in [9.17, 15) is 20.4 Å². The van der Waals surface area contributed by atoms with Crippen LogP contribution in [0.15, 0.2) is 291 Å². The van der Waals surface area contributed by atoms with Gasteiger partial charge in [0.2, 0.25) is 0 Å². The zero-order valence-corrected chi connectivity index (χ0v) is 68.9. The molecule has 18 heteroatoms. The fourth-order valence-electron chi connectivity index (χ4n) is 11.2. The number of aliphatic hydroxyl groups is 4. The van der Waals surface area contributed by atoms with Gasteiger partial charge in [0.1, 0.15) is 110 Å². The van der Waals surface area contributed by atoms with Crippen molar-refractivity contribution in [1.82, 2.24) is 0 Å². The van der Waals surface area contributed by atoms with Crippen molar-refractivity contribution in [2.75, 3.05) is 56.9 Å². The summed E-state index contributed by atoms with van der Waals surface area (Å²) in [5.41, 5.74) is 3.70. The summed E-state index contributed by atoms with van der Waals surface area (Å²) < 4.78 is 42.3. The molecule has 0 aliphatic carbocycles. The minimum absolute atomic E-state index is 0. The van der Waals surface area contributed by atoms with Crippen LogP contribution in [0, 0.1) is 21.8 Å². The van der Waals surface area contributed by atoms with Gasteiger partial charge in [-0.3, -0.25) is 0 Å². The Labute approximate surface area is 664 Å². The summed E-state index contributed by atoms with van der Waals surface area (Å²) in [4.78, 5) is 0. The van der Waals surface area contributed by atoms with E-state index in [4.69, 9.17) is 37.9 Å². The third-order valence-electron chi connectivity index (χ3n) is 16.7. The van der Waals surface area contributed by atoms with E-state index in [2.05, 4.69) is 153 Å². The maximum atomic E-state index is 9.30. The van der Waals surface area contributed by atoms with Gasteiger partial charge in [-0.25, -0.2) is 0 Å². The van der Waals surface area contributed by atoms with Gasteiger partial charge in [0.05, 0.1) is 115 Å². The topological polar surface area (TPSA) is 155 Å². The van der Waals surface area contributed by atoms with Crippen molar-refractivity contribution < 1.29 is 103 Å². The summed E-state index contributed by atoms with van der Waals surface area (Å²) >= 11 is 0. The van der Waals surface area contributed by atoms with Crippen LogP contribution in [-0.4, -0.2) is 77.3 Å². The molecule has 0 spiro atoms. The fourth-order valence-corrected chi connectivity index (χ4v) is 21.2. The van der Waals surface area contributed by atoms with Crippen molar-refractivity contribution in [3.63, 3.8) is 0 Å². The number of methoxy groups -OCH3 is 8. The first-order valence-corrected chi connectivity index (χ1v) is 39.1. The van der Waals surface area contributed by atoms with Crippen molar-refractivity contribution in [3.8, 4) is 46.0 Å². The van der Waals surface area contributed by atoms with E-state index in [1.807, 2.05) is 146 Å². The summed E-state index contributed by atoms with van der Waals surface area (Å²) in [5, 5.41) is 52.6. The van der Waals surface area contributed by atoms with Gasteiger partial charge in [0, 0.05) is 22.4 Å². The van der Waals surface area contributed by atoms with E-state index in [1.165, 1.54) is 63.7 Å². The van der Waals surface area contributed by atoms with Gasteiger partial charge in [-0.05, 0) is 265 Å². The molecule has 0 atom stereocenters. The molecule has 0 aromatic heterocycles. The van der Waals surface area contributed by atoms with Crippen LogP contribution in [0.25, 0.3) is 0 Å². The van der Waals surface area contributed by atoms with Crippen LogP contribution in [0.1, 0.15) is 29.2 Å². The van der Waals surface area contributed by atoms with Crippen LogP contribution in [0.4, 0.5) is 0 Å². The van der Waals surface area contributed by atoms with E-state index in [0.29, 0.717) is 0 Å². The zero-order chi connectivity index (χ0) is 72.6. The van der Waals surface area contributed by atoms with Crippen LogP contribution in [-0.2, 0) is 71.2 Å². The Kier molecular flexibility index (Phi) is 41.3. The molecule has 0 aliphatic heterocycles. The molecule has 0 bridgehead atoms.